The number of fused-ring (bicyclic) bond motifs is 1. The van der Waals surface area contributed by atoms with Gasteiger partial charge in [-0.05, 0) is 128 Å². The van der Waals surface area contributed by atoms with Crippen LogP contribution >= 0.6 is 0 Å². The molecule has 3 aliphatic rings. The Morgan fingerprint density at radius 3 is 2.62 bits per heavy atom. The third-order valence-corrected chi connectivity index (χ3v) is 9.26. The van der Waals surface area contributed by atoms with Crippen LogP contribution in [-0.4, -0.2) is 33.5 Å². The van der Waals surface area contributed by atoms with Gasteiger partial charge >= 0.3 is 5.97 Å². The molecule has 0 amide bonds. The number of rotatable bonds is 8. The first kappa shape index (κ1) is 26.1. The monoisotopic (exact) mass is 524 g/mol. The van der Waals surface area contributed by atoms with Crippen LogP contribution in [0.3, 0.4) is 0 Å². The number of nitrogens with zero attached hydrogens (tertiary/aromatic N) is 2. The van der Waals surface area contributed by atoms with Gasteiger partial charge in [0.05, 0.1) is 5.92 Å². The van der Waals surface area contributed by atoms with Crippen LogP contribution in [0.4, 0.5) is 0 Å². The minimum Gasteiger partial charge on any atom is -0.485 e. The maximum absolute atomic E-state index is 11.9. The maximum atomic E-state index is 11.9. The van der Waals surface area contributed by atoms with Gasteiger partial charge in [-0.15, -0.1) is 0 Å². The zero-order valence-electron chi connectivity index (χ0n) is 23.4. The quantitative estimate of drug-likeness (QED) is 0.334. The van der Waals surface area contributed by atoms with Gasteiger partial charge in [-0.2, -0.15) is 0 Å². The third-order valence-electron chi connectivity index (χ3n) is 9.26. The zero-order chi connectivity index (χ0) is 27.1. The number of carboxylic acid groups (broad SMARTS) is 1. The van der Waals surface area contributed by atoms with Crippen LogP contribution < -0.4 is 4.74 Å². The average molecular weight is 525 g/mol. The highest BCUT2D eigenvalue weighted by Gasteiger charge is 2.39. The molecule has 0 bridgehead atoms. The summed E-state index contributed by atoms with van der Waals surface area (Å²) in [5.74, 6) is 0.336. The summed E-state index contributed by atoms with van der Waals surface area (Å²) in [6.07, 6.45) is 8.53. The SMILES string of the molecule is Cc1cc(-c2ccc(C3CCc4ccc([C@H](C5CC5)[C@H](C)C(=O)O)cc4O3)c(CN3CCC[C@@H]3C)c2)ccn1. The number of carbonyl (C=O) groups is 1. The lowest BCUT2D eigenvalue weighted by atomic mass is 9.82. The minimum absolute atomic E-state index is 0.00911. The van der Waals surface area contributed by atoms with Crippen molar-refractivity contribution in [2.45, 2.75) is 83.9 Å². The van der Waals surface area contributed by atoms with E-state index in [2.05, 4.69) is 65.3 Å². The second-order valence-electron chi connectivity index (χ2n) is 12.1. The first-order chi connectivity index (χ1) is 18.9. The number of likely N-dealkylation sites (tertiary alicyclic amines) is 1. The molecule has 6 rings (SSSR count). The Bertz CT molecular complexity index is 1360. The Morgan fingerprint density at radius 2 is 1.90 bits per heavy atom. The van der Waals surface area contributed by atoms with Crippen LogP contribution in [0, 0.1) is 18.8 Å². The van der Waals surface area contributed by atoms with Crippen LogP contribution in [0.2, 0.25) is 0 Å². The van der Waals surface area contributed by atoms with Crippen LogP contribution in [0.15, 0.2) is 54.7 Å². The summed E-state index contributed by atoms with van der Waals surface area (Å²) in [6, 6.07) is 18.2. The van der Waals surface area contributed by atoms with E-state index in [4.69, 9.17) is 4.74 Å². The molecular weight excluding hydrogens is 484 g/mol. The lowest BCUT2D eigenvalue weighted by Gasteiger charge is -2.31. The molecular formula is C34H40N2O3. The zero-order valence-corrected chi connectivity index (χ0v) is 23.4. The number of benzene rings is 2. The molecule has 5 nitrogen and oxygen atoms in total. The van der Waals surface area contributed by atoms with Crippen LogP contribution in [-0.2, 0) is 17.8 Å². The molecule has 4 atom stereocenters. The van der Waals surface area contributed by atoms with E-state index in [9.17, 15) is 9.90 Å². The average Bonchev–Trinajstić information content (AvgIpc) is 3.69. The Kier molecular flexibility index (Phi) is 7.20. The van der Waals surface area contributed by atoms with E-state index >= 15 is 0 Å². The molecule has 2 fully saturated rings. The number of aliphatic carboxylic acids is 1. The normalized spacial score (nSPS) is 22.6. The first-order valence-electron chi connectivity index (χ1n) is 14.7. The molecule has 1 saturated heterocycles. The number of aromatic nitrogens is 1. The summed E-state index contributed by atoms with van der Waals surface area (Å²) in [6.45, 7) is 8.30. The second kappa shape index (κ2) is 10.8. The van der Waals surface area contributed by atoms with Gasteiger partial charge in [0.2, 0.25) is 0 Å². The lowest BCUT2D eigenvalue weighted by Crippen LogP contribution is -2.27. The Morgan fingerprint density at radius 1 is 1.08 bits per heavy atom. The fraction of sp³-hybridized carbons (Fsp3) is 0.471. The Balaban J connectivity index is 1.32. The lowest BCUT2D eigenvalue weighted by molar-refractivity contribution is -0.142. The van der Waals surface area contributed by atoms with Gasteiger partial charge in [-0.1, -0.05) is 31.2 Å². The summed E-state index contributed by atoms with van der Waals surface area (Å²) in [5.41, 5.74) is 8.40. The number of hydrogen-bond donors (Lipinski definition) is 1. The molecule has 204 valence electrons. The van der Waals surface area contributed by atoms with E-state index < -0.39 is 11.9 Å². The van der Waals surface area contributed by atoms with Crippen molar-refractivity contribution in [3.05, 3.63) is 82.7 Å². The third kappa shape index (κ3) is 5.47. The van der Waals surface area contributed by atoms with Crippen molar-refractivity contribution in [1.82, 2.24) is 9.88 Å². The predicted molar refractivity (Wildman–Crippen MR) is 154 cm³/mol. The molecule has 2 aromatic carbocycles. The standard InChI is InChI=1S/C34H40N2O3/c1-21-17-27(14-15-35-21)26-10-12-30(29(18-26)20-36-16-4-5-22(36)2)31-13-11-24-6-9-28(19-32(24)39-31)33(25-7-8-25)23(3)34(37)38/h6,9-10,12,14-15,17-19,22-23,25,31,33H,4-5,7-8,11,13,16,20H2,1-3H3,(H,37,38)/t22-,23-,31?,33-/m0/s1. The summed E-state index contributed by atoms with van der Waals surface area (Å²) in [7, 11) is 0. The molecule has 3 heterocycles. The number of carboxylic acids is 1. The molecule has 39 heavy (non-hydrogen) atoms. The fourth-order valence-corrected chi connectivity index (χ4v) is 6.80. The van der Waals surface area contributed by atoms with Crippen molar-refractivity contribution in [3.63, 3.8) is 0 Å². The number of hydrogen-bond acceptors (Lipinski definition) is 4. The van der Waals surface area contributed by atoms with E-state index in [1.165, 1.54) is 40.7 Å². The van der Waals surface area contributed by atoms with Crippen LogP contribution in [0.5, 0.6) is 5.75 Å². The molecule has 1 unspecified atom stereocenters. The molecule has 5 heteroatoms. The van der Waals surface area contributed by atoms with E-state index in [0.29, 0.717) is 12.0 Å². The van der Waals surface area contributed by atoms with Gasteiger partial charge in [0, 0.05) is 24.5 Å². The molecule has 1 aromatic heterocycles. The van der Waals surface area contributed by atoms with Crippen molar-refractivity contribution in [1.29, 1.82) is 0 Å². The maximum Gasteiger partial charge on any atom is 0.306 e. The molecule has 2 aliphatic heterocycles. The number of ether oxygens (including phenoxy) is 1. The van der Waals surface area contributed by atoms with E-state index in [1.54, 1.807) is 0 Å². The topological polar surface area (TPSA) is 62.7 Å². The Labute approximate surface area is 232 Å². The van der Waals surface area contributed by atoms with Crippen LogP contribution in [0.25, 0.3) is 11.1 Å². The highest BCUT2D eigenvalue weighted by atomic mass is 16.5. The van der Waals surface area contributed by atoms with Gasteiger partial charge < -0.3 is 9.84 Å². The van der Waals surface area contributed by atoms with Crippen molar-refractivity contribution in [3.8, 4) is 16.9 Å². The Hall–Kier alpha value is -3.18. The number of aryl methyl sites for hydroxylation is 2. The van der Waals surface area contributed by atoms with Gasteiger partial charge in [-0.3, -0.25) is 14.7 Å². The summed E-state index contributed by atoms with van der Waals surface area (Å²) in [5, 5.41) is 9.77. The molecule has 1 saturated carbocycles. The molecule has 0 spiro atoms. The molecule has 0 radical (unpaired) electrons. The van der Waals surface area contributed by atoms with Gasteiger partial charge in [0.15, 0.2) is 0 Å². The molecule has 3 aromatic rings. The van der Waals surface area contributed by atoms with Gasteiger partial charge in [0.1, 0.15) is 11.9 Å². The minimum atomic E-state index is -0.714. The van der Waals surface area contributed by atoms with Crippen molar-refractivity contribution >= 4 is 5.97 Å². The summed E-state index contributed by atoms with van der Waals surface area (Å²) < 4.78 is 6.77. The van der Waals surface area contributed by atoms with E-state index in [-0.39, 0.29) is 12.0 Å². The van der Waals surface area contributed by atoms with Crippen molar-refractivity contribution in [2.75, 3.05) is 6.54 Å². The second-order valence-corrected chi connectivity index (χ2v) is 12.1. The predicted octanol–water partition coefficient (Wildman–Crippen LogP) is 7.32. The van der Waals surface area contributed by atoms with E-state index in [1.807, 2.05) is 20.0 Å². The van der Waals surface area contributed by atoms with E-state index in [0.717, 1.165) is 55.8 Å². The summed E-state index contributed by atoms with van der Waals surface area (Å²) >= 11 is 0. The van der Waals surface area contributed by atoms with Gasteiger partial charge in [-0.25, -0.2) is 0 Å². The highest BCUT2D eigenvalue weighted by Crippen LogP contribution is 2.48. The fourth-order valence-electron chi connectivity index (χ4n) is 6.80. The van der Waals surface area contributed by atoms with Crippen LogP contribution in [0.1, 0.15) is 85.9 Å². The van der Waals surface area contributed by atoms with Crippen molar-refractivity contribution < 1.29 is 14.6 Å². The first-order valence-corrected chi connectivity index (χ1v) is 14.7. The van der Waals surface area contributed by atoms with Gasteiger partial charge in [0.25, 0.3) is 0 Å². The molecule has 1 aliphatic carbocycles. The number of pyridine rings is 1. The van der Waals surface area contributed by atoms with Crippen molar-refractivity contribution in [2.24, 2.45) is 11.8 Å². The highest BCUT2D eigenvalue weighted by molar-refractivity contribution is 5.71. The molecule has 1 N–H and O–H groups in total. The largest absolute Gasteiger partial charge is 0.485 e. The summed E-state index contributed by atoms with van der Waals surface area (Å²) in [4.78, 5) is 18.9. The smallest absolute Gasteiger partial charge is 0.306 e.